The number of nitrogens with one attached hydrogen (secondary N) is 2. The molecule has 1 heterocycles. The summed E-state index contributed by atoms with van der Waals surface area (Å²) in [4.78, 5) is 11.8. The fourth-order valence-corrected chi connectivity index (χ4v) is 4.89. The SMILES string of the molecule is CC(C)(OC(=O)Nc1ccc2c(c1)N(S(=O)(=O)c1ccc(F)cc1)CCO2)C(F)(F)F.CNSCC(C)C. The van der Waals surface area contributed by atoms with Gasteiger partial charge in [0.2, 0.25) is 5.60 Å². The van der Waals surface area contributed by atoms with Crippen molar-refractivity contribution in [2.75, 3.05) is 35.6 Å². The van der Waals surface area contributed by atoms with Crippen LogP contribution in [0.5, 0.6) is 5.75 Å². The second kappa shape index (κ2) is 12.9. The van der Waals surface area contributed by atoms with Crippen LogP contribution in [0.3, 0.4) is 0 Å². The monoisotopic (exact) mass is 581 g/mol. The number of halogens is 4. The van der Waals surface area contributed by atoms with Gasteiger partial charge in [-0.1, -0.05) is 25.8 Å². The van der Waals surface area contributed by atoms with Gasteiger partial charge in [0.05, 0.1) is 17.1 Å². The van der Waals surface area contributed by atoms with Gasteiger partial charge in [-0.2, -0.15) is 13.2 Å². The van der Waals surface area contributed by atoms with Crippen LogP contribution < -0.4 is 19.1 Å². The molecule has 2 aromatic carbocycles. The van der Waals surface area contributed by atoms with Crippen LogP contribution in [-0.2, 0) is 14.8 Å². The van der Waals surface area contributed by atoms with E-state index in [1.54, 1.807) is 11.9 Å². The first-order valence-corrected chi connectivity index (χ1v) is 13.9. The van der Waals surface area contributed by atoms with Crippen molar-refractivity contribution in [1.29, 1.82) is 0 Å². The van der Waals surface area contributed by atoms with Crippen molar-refractivity contribution >= 4 is 39.4 Å². The minimum atomic E-state index is -4.78. The molecule has 0 spiro atoms. The van der Waals surface area contributed by atoms with Crippen LogP contribution in [0.15, 0.2) is 47.4 Å². The largest absolute Gasteiger partial charge is 0.489 e. The van der Waals surface area contributed by atoms with Gasteiger partial charge in [0, 0.05) is 11.4 Å². The zero-order valence-electron chi connectivity index (χ0n) is 21.6. The van der Waals surface area contributed by atoms with Crippen molar-refractivity contribution in [3.63, 3.8) is 0 Å². The Kier molecular flexibility index (Phi) is 10.7. The van der Waals surface area contributed by atoms with Crippen molar-refractivity contribution in [2.45, 2.75) is 44.4 Å². The Morgan fingerprint density at radius 1 is 1.16 bits per heavy atom. The third-order valence-electron chi connectivity index (χ3n) is 5.02. The lowest BCUT2D eigenvalue weighted by molar-refractivity contribution is -0.242. The molecular formula is C24H31F4N3O5S2. The number of sulfonamides is 1. The maximum atomic E-state index is 13.2. The molecule has 1 aliphatic heterocycles. The molecule has 38 heavy (non-hydrogen) atoms. The van der Waals surface area contributed by atoms with Gasteiger partial charge in [0.15, 0.2) is 0 Å². The normalized spacial score (nSPS) is 13.7. The Balaban J connectivity index is 0.000000638. The van der Waals surface area contributed by atoms with E-state index in [1.165, 1.54) is 24.0 Å². The van der Waals surface area contributed by atoms with Crippen LogP contribution in [0, 0.1) is 11.7 Å². The third-order valence-corrected chi connectivity index (χ3v) is 7.97. The van der Waals surface area contributed by atoms with E-state index in [4.69, 9.17) is 4.74 Å². The molecule has 0 unspecified atom stereocenters. The lowest BCUT2D eigenvalue weighted by atomic mass is 10.1. The molecule has 0 atom stereocenters. The summed E-state index contributed by atoms with van der Waals surface area (Å²) in [6.07, 6.45) is -6.15. The van der Waals surface area contributed by atoms with E-state index < -0.39 is 33.7 Å². The van der Waals surface area contributed by atoms with E-state index >= 15 is 0 Å². The average Bonchev–Trinajstić information content (AvgIpc) is 2.81. The van der Waals surface area contributed by atoms with Gasteiger partial charge in [-0.25, -0.2) is 17.6 Å². The number of carbonyl (C=O) groups excluding carboxylic acids is 1. The number of rotatable bonds is 7. The fraction of sp³-hybridized carbons (Fsp3) is 0.458. The number of alkyl halides is 3. The molecule has 0 aromatic heterocycles. The molecule has 2 N–H and O–H groups in total. The Hall–Kier alpha value is -2.71. The first-order valence-electron chi connectivity index (χ1n) is 11.5. The van der Waals surface area contributed by atoms with E-state index in [2.05, 4.69) is 28.6 Å². The number of ether oxygens (including phenoxy) is 2. The molecule has 8 nitrogen and oxygen atoms in total. The number of nitrogens with zero attached hydrogens (tertiary/aromatic N) is 1. The van der Waals surface area contributed by atoms with Crippen LogP contribution in [0.25, 0.3) is 0 Å². The highest BCUT2D eigenvalue weighted by Crippen LogP contribution is 2.38. The third kappa shape index (κ3) is 8.40. The number of hydrogen-bond acceptors (Lipinski definition) is 7. The first kappa shape index (κ1) is 31.5. The smallest absolute Gasteiger partial charge is 0.427 e. The van der Waals surface area contributed by atoms with Gasteiger partial charge in [0.1, 0.15) is 18.2 Å². The van der Waals surface area contributed by atoms with Crippen LogP contribution in [0.2, 0.25) is 0 Å². The van der Waals surface area contributed by atoms with Gasteiger partial charge in [-0.05, 0) is 69.3 Å². The highest BCUT2D eigenvalue weighted by molar-refractivity contribution is 7.97. The van der Waals surface area contributed by atoms with Gasteiger partial charge < -0.3 is 9.47 Å². The van der Waals surface area contributed by atoms with E-state index in [-0.39, 0.29) is 35.2 Å². The summed E-state index contributed by atoms with van der Waals surface area (Å²) in [5, 5.41) is 2.15. The summed E-state index contributed by atoms with van der Waals surface area (Å²) in [6.45, 7) is 5.80. The quantitative estimate of drug-likeness (QED) is 0.315. The standard InChI is InChI=1S/C19H18F4N2O5S.C5H13NS/c1-18(2,19(21,22)23)30-17(26)24-13-5-8-16-15(11-13)25(9-10-29-16)31(27,28)14-6-3-12(20)4-7-14;1-5(2)4-7-6-3/h3-8,11H,9-10H2,1-2H3,(H,24,26);5-6H,4H2,1-3H3. The minimum Gasteiger partial charge on any atom is -0.489 e. The van der Waals surface area contributed by atoms with E-state index in [9.17, 15) is 30.8 Å². The highest BCUT2D eigenvalue weighted by Gasteiger charge is 2.51. The number of anilines is 2. The molecule has 14 heteroatoms. The summed E-state index contributed by atoms with van der Waals surface area (Å²) >= 11 is 1.77. The van der Waals surface area contributed by atoms with Crippen molar-refractivity contribution in [2.24, 2.45) is 5.92 Å². The van der Waals surface area contributed by atoms with Gasteiger partial charge >= 0.3 is 12.3 Å². The Morgan fingerprint density at radius 3 is 2.32 bits per heavy atom. The van der Waals surface area contributed by atoms with Crippen molar-refractivity contribution < 1.29 is 40.2 Å². The molecule has 0 aliphatic carbocycles. The van der Waals surface area contributed by atoms with Crippen molar-refractivity contribution in [3.05, 3.63) is 48.3 Å². The van der Waals surface area contributed by atoms with E-state index in [0.717, 1.165) is 34.5 Å². The number of hydrogen-bond donors (Lipinski definition) is 2. The predicted molar refractivity (Wildman–Crippen MR) is 139 cm³/mol. The lowest BCUT2D eigenvalue weighted by Crippen LogP contribution is -2.44. The predicted octanol–water partition coefficient (Wildman–Crippen LogP) is 5.81. The highest BCUT2D eigenvalue weighted by atomic mass is 32.2. The molecule has 3 rings (SSSR count). The molecule has 1 aliphatic rings. The Labute approximate surface area is 224 Å². The summed E-state index contributed by atoms with van der Waals surface area (Å²) in [7, 11) is -2.14. The molecule has 1 amide bonds. The lowest BCUT2D eigenvalue weighted by Gasteiger charge is -2.31. The summed E-state index contributed by atoms with van der Waals surface area (Å²) in [6, 6.07) is 8.16. The zero-order chi connectivity index (χ0) is 28.7. The molecule has 2 aromatic rings. The van der Waals surface area contributed by atoms with Crippen LogP contribution in [-0.4, -0.2) is 52.2 Å². The summed E-state index contributed by atoms with van der Waals surface area (Å²) in [5.41, 5.74) is -2.68. The maximum absolute atomic E-state index is 13.2. The molecule has 0 bridgehead atoms. The Bertz CT molecular complexity index is 1190. The zero-order valence-corrected chi connectivity index (χ0v) is 23.2. The van der Waals surface area contributed by atoms with Crippen LogP contribution in [0.1, 0.15) is 27.7 Å². The summed E-state index contributed by atoms with van der Waals surface area (Å²) in [5.74, 6) is 1.59. The van der Waals surface area contributed by atoms with Gasteiger partial charge in [0.25, 0.3) is 10.0 Å². The molecule has 0 fully saturated rings. The molecule has 0 saturated heterocycles. The van der Waals surface area contributed by atoms with Crippen molar-refractivity contribution in [1.82, 2.24) is 4.72 Å². The molecule has 212 valence electrons. The molecular weight excluding hydrogens is 550 g/mol. The van der Waals surface area contributed by atoms with E-state index in [1.807, 2.05) is 7.05 Å². The van der Waals surface area contributed by atoms with Gasteiger partial charge in [-0.15, -0.1) is 0 Å². The van der Waals surface area contributed by atoms with Crippen LogP contribution in [0.4, 0.5) is 33.7 Å². The maximum Gasteiger partial charge on any atom is 0.427 e. The number of amides is 1. The number of carbonyl (C=O) groups is 1. The second-order valence-corrected chi connectivity index (χ2v) is 11.9. The average molecular weight is 582 g/mol. The minimum absolute atomic E-state index is 0.00784. The summed E-state index contributed by atoms with van der Waals surface area (Å²) < 4.78 is 91.8. The number of benzene rings is 2. The molecule has 0 radical (unpaired) electrons. The fourth-order valence-electron chi connectivity index (χ4n) is 2.94. The number of fused-ring (bicyclic) bond motifs is 1. The van der Waals surface area contributed by atoms with Crippen LogP contribution >= 0.6 is 11.9 Å². The first-order chi connectivity index (χ1) is 17.6. The Morgan fingerprint density at radius 2 is 1.79 bits per heavy atom. The van der Waals surface area contributed by atoms with Crippen molar-refractivity contribution in [3.8, 4) is 5.75 Å². The second-order valence-electron chi connectivity index (χ2n) is 8.99. The topological polar surface area (TPSA) is 97.0 Å². The molecule has 0 saturated carbocycles. The van der Waals surface area contributed by atoms with Gasteiger partial charge in [-0.3, -0.25) is 14.3 Å². The van der Waals surface area contributed by atoms with E-state index in [0.29, 0.717) is 13.8 Å².